The molecule has 0 bridgehead atoms. The van der Waals surface area contributed by atoms with Gasteiger partial charge in [-0.3, -0.25) is 9.59 Å². The molecule has 1 aliphatic heterocycles. The van der Waals surface area contributed by atoms with Crippen LogP contribution in [-0.2, 0) is 9.59 Å². The largest absolute Gasteiger partial charge is 0.481 e. The number of likely N-dealkylation sites (tertiary alicyclic amines) is 1. The van der Waals surface area contributed by atoms with Gasteiger partial charge in [0, 0.05) is 30.0 Å². The average molecular weight is 315 g/mol. The van der Waals surface area contributed by atoms with Gasteiger partial charge >= 0.3 is 5.97 Å². The van der Waals surface area contributed by atoms with Gasteiger partial charge in [0.2, 0.25) is 5.91 Å². The summed E-state index contributed by atoms with van der Waals surface area (Å²) in [6.07, 6.45) is 0. The summed E-state index contributed by atoms with van der Waals surface area (Å²) in [5.41, 5.74) is 0. The predicted octanol–water partition coefficient (Wildman–Crippen LogP) is 2.24. The van der Waals surface area contributed by atoms with Crippen LogP contribution in [0.2, 0.25) is 0 Å². The minimum Gasteiger partial charge on any atom is -0.481 e. The number of benzene rings is 1. The van der Waals surface area contributed by atoms with Gasteiger partial charge in [-0.25, -0.2) is 8.78 Å². The standard InChI is InChI=1S/C14H15F2NO3S/c1-8(14(19)20)9-5-17(6-9)13(18)7-21-12-3-2-10(15)4-11(12)16/h2-4,8-9H,5-7H2,1H3,(H,19,20). The fourth-order valence-corrected chi connectivity index (χ4v) is 2.88. The molecule has 7 heteroatoms. The van der Waals surface area contributed by atoms with E-state index in [0.717, 1.165) is 23.9 Å². The topological polar surface area (TPSA) is 57.6 Å². The molecule has 0 saturated carbocycles. The van der Waals surface area contributed by atoms with E-state index in [9.17, 15) is 18.4 Å². The molecular weight excluding hydrogens is 300 g/mol. The average Bonchev–Trinajstić information content (AvgIpc) is 2.35. The van der Waals surface area contributed by atoms with Gasteiger partial charge in [-0.05, 0) is 12.1 Å². The number of thioether (sulfide) groups is 1. The molecule has 1 N–H and O–H groups in total. The van der Waals surface area contributed by atoms with Crippen molar-refractivity contribution >= 4 is 23.6 Å². The van der Waals surface area contributed by atoms with Gasteiger partial charge in [-0.1, -0.05) is 6.92 Å². The molecule has 1 aromatic carbocycles. The molecule has 1 aromatic rings. The summed E-state index contributed by atoms with van der Waals surface area (Å²) < 4.78 is 26.2. The molecule has 1 aliphatic rings. The van der Waals surface area contributed by atoms with Crippen molar-refractivity contribution in [2.45, 2.75) is 11.8 Å². The van der Waals surface area contributed by atoms with Crippen molar-refractivity contribution in [3.8, 4) is 0 Å². The Hall–Kier alpha value is -1.63. The highest BCUT2D eigenvalue weighted by molar-refractivity contribution is 8.00. The number of carboxylic acids is 1. The van der Waals surface area contributed by atoms with Gasteiger partial charge in [-0.15, -0.1) is 11.8 Å². The van der Waals surface area contributed by atoms with Gasteiger partial charge in [0.25, 0.3) is 0 Å². The summed E-state index contributed by atoms with van der Waals surface area (Å²) in [4.78, 5) is 24.5. The molecule has 0 aliphatic carbocycles. The van der Waals surface area contributed by atoms with E-state index in [1.165, 1.54) is 6.07 Å². The Bertz CT molecular complexity index is 561. The Balaban J connectivity index is 1.80. The smallest absolute Gasteiger partial charge is 0.306 e. The molecule has 1 fully saturated rings. The van der Waals surface area contributed by atoms with Gasteiger partial charge in [0.15, 0.2) is 0 Å². The maximum atomic E-state index is 13.4. The quantitative estimate of drug-likeness (QED) is 0.847. The van der Waals surface area contributed by atoms with E-state index >= 15 is 0 Å². The summed E-state index contributed by atoms with van der Waals surface area (Å²) in [6, 6.07) is 3.22. The third kappa shape index (κ3) is 3.72. The van der Waals surface area contributed by atoms with Crippen LogP contribution in [-0.4, -0.2) is 40.7 Å². The van der Waals surface area contributed by atoms with Crippen molar-refractivity contribution in [2.24, 2.45) is 11.8 Å². The van der Waals surface area contributed by atoms with E-state index < -0.39 is 23.5 Å². The summed E-state index contributed by atoms with van der Waals surface area (Å²) in [7, 11) is 0. The SMILES string of the molecule is CC(C(=O)O)C1CN(C(=O)CSc2ccc(F)cc2F)C1. The Labute approximate surface area is 125 Å². The third-order valence-corrected chi connectivity index (χ3v) is 4.64. The number of amides is 1. The van der Waals surface area contributed by atoms with E-state index in [1.807, 2.05) is 0 Å². The van der Waals surface area contributed by atoms with Crippen molar-refractivity contribution < 1.29 is 23.5 Å². The van der Waals surface area contributed by atoms with Crippen LogP contribution in [0.5, 0.6) is 0 Å². The maximum absolute atomic E-state index is 13.4. The van der Waals surface area contributed by atoms with Crippen molar-refractivity contribution in [3.63, 3.8) is 0 Å². The molecule has 0 aromatic heterocycles. The van der Waals surface area contributed by atoms with E-state index in [-0.39, 0.29) is 22.5 Å². The van der Waals surface area contributed by atoms with Crippen LogP contribution in [0.25, 0.3) is 0 Å². The summed E-state index contributed by atoms with van der Waals surface area (Å²) in [6.45, 7) is 2.45. The minimum absolute atomic E-state index is 0.0287. The van der Waals surface area contributed by atoms with Crippen molar-refractivity contribution in [1.82, 2.24) is 4.90 Å². The van der Waals surface area contributed by atoms with Gasteiger partial charge in [0.05, 0.1) is 11.7 Å². The van der Waals surface area contributed by atoms with Crippen molar-refractivity contribution in [2.75, 3.05) is 18.8 Å². The molecule has 4 nitrogen and oxygen atoms in total. The van der Waals surface area contributed by atoms with Crippen LogP contribution >= 0.6 is 11.8 Å². The first-order chi connectivity index (χ1) is 9.88. The normalized spacial score (nSPS) is 16.4. The van der Waals surface area contributed by atoms with E-state index in [1.54, 1.807) is 11.8 Å². The highest BCUT2D eigenvalue weighted by Crippen LogP contribution is 2.27. The first-order valence-electron chi connectivity index (χ1n) is 6.47. The number of hydrogen-bond donors (Lipinski definition) is 1. The first-order valence-corrected chi connectivity index (χ1v) is 7.45. The molecule has 1 amide bonds. The van der Waals surface area contributed by atoms with Gasteiger partial charge in [-0.2, -0.15) is 0 Å². The second-order valence-corrected chi connectivity index (χ2v) is 6.07. The third-order valence-electron chi connectivity index (χ3n) is 3.60. The fraction of sp³-hybridized carbons (Fsp3) is 0.429. The van der Waals surface area contributed by atoms with Crippen LogP contribution in [0.3, 0.4) is 0 Å². The molecular formula is C14H15F2NO3S. The zero-order chi connectivity index (χ0) is 15.6. The van der Waals surface area contributed by atoms with E-state index in [4.69, 9.17) is 5.11 Å². The second-order valence-electron chi connectivity index (χ2n) is 5.05. The number of aliphatic carboxylic acids is 1. The Morgan fingerprint density at radius 1 is 1.43 bits per heavy atom. The minimum atomic E-state index is -0.866. The van der Waals surface area contributed by atoms with E-state index in [0.29, 0.717) is 13.1 Å². The molecule has 1 atom stereocenters. The monoisotopic (exact) mass is 315 g/mol. The molecule has 0 radical (unpaired) electrons. The number of nitrogens with zero attached hydrogens (tertiary/aromatic N) is 1. The number of hydrogen-bond acceptors (Lipinski definition) is 3. The van der Waals surface area contributed by atoms with Crippen molar-refractivity contribution in [3.05, 3.63) is 29.8 Å². The second kappa shape index (κ2) is 6.43. The lowest BCUT2D eigenvalue weighted by Gasteiger charge is -2.41. The van der Waals surface area contributed by atoms with Crippen LogP contribution in [0.15, 0.2) is 23.1 Å². The first kappa shape index (κ1) is 15.8. The molecule has 1 heterocycles. The molecule has 0 spiro atoms. The zero-order valence-corrected chi connectivity index (χ0v) is 12.2. The van der Waals surface area contributed by atoms with Gasteiger partial charge < -0.3 is 10.0 Å². The Morgan fingerprint density at radius 3 is 2.67 bits per heavy atom. The summed E-state index contributed by atoms with van der Waals surface area (Å²) in [5, 5.41) is 8.87. The lowest BCUT2D eigenvalue weighted by molar-refractivity contribution is -0.149. The number of halogens is 2. The molecule has 1 saturated heterocycles. The van der Waals surface area contributed by atoms with Crippen LogP contribution in [0.4, 0.5) is 8.78 Å². The molecule has 114 valence electrons. The highest BCUT2D eigenvalue weighted by atomic mass is 32.2. The molecule has 21 heavy (non-hydrogen) atoms. The fourth-order valence-electron chi connectivity index (χ4n) is 2.06. The Kier molecular flexibility index (Phi) is 4.82. The van der Waals surface area contributed by atoms with Crippen molar-refractivity contribution in [1.29, 1.82) is 0 Å². The summed E-state index contributed by atoms with van der Waals surface area (Å²) in [5.74, 6) is -2.83. The number of carboxylic acid groups (broad SMARTS) is 1. The predicted molar refractivity (Wildman–Crippen MR) is 74.0 cm³/mol. The van der Waals surface area contributed by atoms with Crippen LogP contribution in [0, 0.1) is 23.5 Å². The van der Waals surface area contributed by atoms with Crippen LogP contribution in [0.1, 0.15) is 6.92 Å². The number of carbonyl (C=O) groups is 2. The molecule has 1 unspecified atom stereocenters. The number of carbonyl (C=O) groups excluding carboxylic acids is 1. The number of rotatable bonds is 5. The molecule has 2 rings (SSSR count). The zero-order valence-electron chi connectivity index (χ0n) is 11.4. The lowest BCUT2D eigenvalue weighted by atomic mass is 9.87. The highest BCUT2D eigenvalue weighted by Gasteiger charge is 2.36. The summed E-state index contributed by atoms with van der Waals surface area (Å²) >= 11 is 1.01. The maximum Gasteiger partial charge on any atom is 0.306 e. The van der Waals surface area contributed by atoms with Crippen LogP contribution < -0.4 is 0 Å². The Morgan fingerprint density at radius 2 is 2.10 bits per heavy atom. The lowest BCUT2D eigenvalue weighted by Crippen LogP contribution is -2.54. The van der Waals surface area contributed by atoms with E-state index in [2.05, 4.69) is 0 Å². The van der Waals surface area contributed by atoms with Gasteiger partial charge in [0.1, 0.15) is 11.6 Å².